The van der Waals surface area contributed by atoms with Gasteiger partial charge in [-0.15, -0.1) is 0 Å². The van der Waals surface area contributed by atoms with E-state index >= 15 is 0 Å². The predicted molar refractivity (Wildman–Crippen MR) is 188 cm³/mol. The molecule has 4 aromatic carbocycles. The summed E-state index contributed by atoms with van der Waals surface area (Å²) in [6.45, 7) is 4.99. The SMILES string of the molecule is CC[C@H](C)NC(=O)[C@@H](Cc1ccccc1)N(Cc1ccccc1Cl)C(=O)CN(c1cc(Cl)ccc1OC)S(=O)(=O)c1ccc(C)cc1. The average molecular weight is 697 g/mol. The van der Waals surface area contributed by atoms with Gasteiger partial charge in [-0.3, -0.25) is 13.9 Å². The summed E-state index contributed by atoms with van der Waals surface area (Å²) in [7, 11) is -2.93. The van der Waals surface area contributed by atoms with Gasteiger partial charge in [-0.05, 0) is 67.8 Å². The van der Waals surface area contributed by atoms with Crippen molar-refractivity contribution in [1.29, 1.82) is 0 Å². The molecule has 0 bridgehead atoms. The van der Waals surface area contributed by atoms with Gasteiger partial charge in [-0.2, -0.15) is 0 Å². The molecule has 2 atom stereocenters. The first kappa shape index (κ1) is 35.8. The zero-order valence-corrected chi connectivity index (χ0v) is 29.1. The van der Waals surface area contributed by atoms with Crippen molar-refractivity contribution in [2.75, 3.05) is 18.0 Å². The fourth-order valence-corrected chi connectivity index (χ4v) is 6.79. The minimum Gasteiger partial charge on any atom is -0.495 e. The van der Waals surface area contributed by atoms with Crippen LogP contribution in [0.1, 0.15) is 37.0 Å². The van der Waals surface area contributed by atoms with E-state index in [9.17, 15) is 18.0 Å². The highest BCUT2D eigenvalue weighted by atomic mass is 35.5. The third-order valence-electron chi connectivity index (χ3n) is 7.87. The predicted octanol–water partition coefficient (Wildman–Crippen LogP) is 7.06. The molecule has 0 heterocycles. The average Bonchev–Trinajstić information content (AvgIpc) is 3.06. The largest absolute Gasteiger partial charge is 0.495 e. The van der Waals surface area contributed by atoms with Crippen LogP contribution in [0.3, 0.4) is 0 Å². The molecule has 0 radical (unpaired) electrons. The van der Waals surface area contributed by atoms with Crippen molar-refractivity contribution in [3.8, 4) is 5.75 Å². The van der Waals surface area contributed by atoms with Gasteiger partial charge in [0.2, 0.25) is 11.8 Å². The van der Waals surface area contributed by atoms with Crippen molar-refractivity contribution < 1.29 is 22.7 Å². The molecule has 0 saturated heterocycles. The molecular formula is C36H39Cl2N3O5S. The zero-order valence-electron chi connectivity index (χ0n) is 26.8. The monoisotopic (exact) mass is 695 g/mol. The fraction of sp³-hybridized carbons (Fsp3) is 0.278. The van der Waals surface area contributed by atoms with E-state index in [1.165, 1.54) is 30.2 Å². The number of nitrogens with one attached hydrogen (secondary N) is 1. The van der Waals surface area contributed by atoms with Crippen LogP contribution in [0.5, 0.6) is 5.75 Å². The molecule has 0 aliphatic rings. The van der Waals surface area contributed by atoms with Gasteiger partial charge in [-0.1, -0.05) is 96.4 Å². The lowest BCUT2D eigenvalue weighted by molar-refractivity contribution is -0.140. The van der Waals surface area contributed by atoms with Crippen molar-refractivity contribution >= 4 is 50.7 Å². The second-order valence-electron chi connectivity index (χ2n) is 11.3. The first-order chi connectivity index (χ1) is 22.4. The van der Waals surface area contributed by atoms with Gasteiger partial charge in [0, 0.05) is 29.1 Å². The lowest BCUT2D eigenvalue weighted by Gasteiger charge is -2.34. The van der Waals surface area contributed by atoms with Crippen LogP contribution in [0.2, 0.25) is 10.0 Å². The molecule has 2 amide bonds. The molecule has 0 unspecified atom stereocenters. The molecule has 0 aliphatic heterocycles. The number of benzene rings is 4. The van der Waals surface area contributed by atoms with E-state index < -0.39 is 28.5 Å². The summed E-state index contributed by atoms with van der Waals surface area (Å²) in [4.78, 5) is 30.0. The lowest BCUT2D eigenvalue weighted by atomic mass is 10.0. The van der Waals surface area contributed by atoms with Gasteiger partial charge in [0.1, 0.15) is 18.3 Å². The number of nitrogens with zero attached hydrogens (tertiary/aromatic N) is 2. The Labute approximate surface area is 287 Å². The lowest BCUT2D eigenvalue weighted by Crippen LogP contribution is -2.54. The molecule has 0 fully saturated rings. The topological polar surface area (TPSA) is 96.0 Å². The highest BCUT2D eigenvalue weighted by molar-refractivity contribution is 7.92. The summed E-state index contributed by atoms with van der Waals surface area (Å²) in [6, 6.07) is 26.1. The Kier molecular flexibility index (Phi) is 12.3. The Hall–Kier alpha value is -4.05. The van der Waals surface area contributed by atoms with Crippen LogP contribution < -0.4 is 14.4 Å². The molecule has 4 rings (SSSR count). The number of methoxy groups -OCH3 is 1. The maximum Gasteiger partial charge on any atom is 0.264 e. The number of amides is 2. The van der Waals surface area contributed by atoms with Crippen LogP contribution in [0.4, 0.5) is 5.69 Å². The number of rotatable bonds is 14. The van der Waals surface area contributed by atoms with Crippen LogP contribution in [0, 0.1) is 6.92 Å². The number of ether oxygens (including phenoxy) is 1. The normalized spacial score (nSPS) is 12.6. The Morgan fingerprint density at radius 2 is 1.57 bits per heavy atom. The van der Waals surface area contributed by atoms with Crippen molar-refractivity contribution in [2.24, 2.45) is 0 Å². The maximum absolute atomic E-state index is 14.7. The van der Waals surface area contributed by atoms with E-state index in [4.69, 9.17) is 27.9 Å². The summed E-state index contributed by atoms with van der Waals surface area (Å²) in [5.41, 5.74) is 2.38. The summed E-state index contributed by atoms with van der Waals surface area (Å²) >= 11 is 12.9. The Bertz CT molecular complexity index is 1790. The van der Waals surface area contributed by atoms with Gasteiger partial charge >= 0.3 is 0 Å². The molecule has 4 aromatic rings. The van der Waals surface area contributed by atoms with E-state index in [1.807, 2.05) is 51.1 Å². The standard InChI is InChI=1S/C36H39Cl2N3O5S/c1-5-26(3)39-36(43)33(21-27-11-7-6-8-12-27)40(23-28-13-9-10-14-31(28)38)35(42)24-41(32-22-29(37)17-20-34(32)46-4)47(44,45)30-18-15-25(2)16-19-30/h6-20,22,26,33H,5,21,23-24H2,1-4H3,(H,39,43)/t26-,33+/m0/s1. The Morgan fingerprint density at radius 3 is 2.21 bits per heavy atom. The summed E-state index contributed by atoms with van der Waals surface area (Å²) in [5, 5.41) is 3.68. The first-order valence-electron chi connectivity index (χ1n) is 15.2. The zero-order chi connectivity index (χ0) is 34.1. The van der Waals surface area contributed by atoms with Gasteiger partial charge in [0.25, 0.3) is 10.0 Å². The molecule has 0 spiro atoms. The van der Waals surface area contributed by atoms with Gasteiger partial charge < -0.3 is 15.0 Å². The van der Waals surface area contributed by atoms with Gasteiger partial charge in [0.05, 0.1) is 17.7 Å². The smallest absolute Gasteiger partial charge is 0.264 e. The molecular weight excluding hydrogens is 657 g/mol. The molecule has 248 valence electrons. The number of hydrogen-bond acceptors (Lipinski definition) is 5. The number of sulfonamides is 1. The highest BCUT2D eigenvalue weighted by Gasteiger charge is 2.36. The minimum absolute atomic E-state index is 0.0223. The summed E-state index contributed by atoms with van der Waals surface area (Å²) in [5.74, 6) is -0.786. The van der Waals surface area contributed by atoms with Crippen molar-refractivity contribution in [1.82, 2.24) is 10.2 Å². The summed E-state index contributed by atoms with van der Waals surface area (Å²) in [6.07, 6.45) is 0.865. The van der Waals surface area contributed by atoms with Crippen LogP contribution in [-0.4, -0.2) is 50.9 Å². The van der Waals surface area contributed by atoms with Crippen LogP contribution >= 0.6 is 23.2 Å². The second-order valence-corrected chi connectivity index (χ2v) is 14.0. The van der Waals surface area contributed by atoms with E-state index in [-0.39, 0.29) is 46.3 Å². The van der Waals surface area contributed by atoms with E-state index in [1.54, 1.807) is 48.5 Å². The minimum atomic E-state index is -4.34. The van der Waals surface area contributed by atoms with Gasteiger partial charge in [0.15, 0.2) is 0 Å². The quantitative estimate of drug-likeness (QED) is 0.152. The van der Waals surface area contributed by atoms with Gasteiger partial charge in [-0.25, -0.2) is 8.42 Å². The molecule has 1 N–H and O–H groups in total. The maximum atomic E-state index is 14.7. The van der Waals surface area contributed by atoms with Crippen LogP contribution in [-0.2, 0) is 32.6 Å². The number of aryl methyl sites for hydroxylation is 1. The Balaban J connectivity index is 1.87. The third-order valence-corrected chi connectivity index (χ3v) is 10.2. The molecule has 8 nitrogen and oxygen atoms in total. The van der Waals surface area contributed by atoms with E-state index in [2.05, 4.69) is 5.32 Å². The Morgan fingerprint density at radius 1 is 0.915 bits per heavy atom. The second kappa shape index (κ2) is 16.2. The molecule has 11 heteroatoms. The van der Waals surface area contributed by atoms with Crippen LogP contribution in [0.25, 0.3) is 0 Å². The van der Waals surface area contributed by atoms with E-state index in [0.717, 1.165) is 15.4 Å². The number of halogens is 2. The first-order valence-corrected chi connectivity index (χ1v) is 17.4. The number of anilines is 1. The number of carbonyl (C=O) groups is 2. The molecule has 0 aliphatic carbocycles. The third kappa shape index (κ3) is 9.06. The number of carbonyl (C=O) groups excluding carboxylic acids is 2. The van der Waals surface area contributed by atoms with Crippen molar-refractivity contribution in [2.45, 2.75) is 57.1 Å². The molecule has 0 aromatic heterocycles. The van der Waals surface area contributed by atoms with E-state index in [0.29, 0.717) is 17.0 Å². The number of hydrogen-bond donors (Lipinski definition) is 1. The van der Waals surface area contributed by atoms with Crippen LogP contribution in [0.15, 0.2) is 102 Å². The van der Waals surface area contributed by atoms with Crippen molar-refractivity contribution in [3.05, 3.63) is 124 Å². The molecule has 47 heavy (non-hydrogen) atoms. The molecule has 0 saturated carbocycles. The summed E-state index contributed by atoms with van der Waals surface area (Å²) < 4.78 is 35.2. The highest BCUT2D eigenvalue weighted by Crippen LogP contribution is 2.35. The fourth-order valence-electron chi connectivity index (χ4n) is 5.01. The van der Waals surface area contributed by atoms with Crippen molar-refractivity contribution in [3.63, 3.8) is 0 Å².